The highest BCUT2D eigenvalue weighted by Gasteiger charge is 2.45. The van der Waals surface area contributed by atoms with Gasteiger partial charge in [0.15, 0.2) is 6.61 Å². The standard InChI is InChI=1S/C22H26FNO5S/c1-22(2,3)16-7-9-17(10-8-16)24-20(19(23)14-30(24,27)28)12-15-5-4-6-18(11-15)29-13-21(25)26/h4-11,19-20H,12-14H2,1-3H3,(H,25,26). The van der Waals surface area contributed by atoms with Gasteiger partial charge >= 0.3 is 5.97 Å². The number of carboxylic acids is 1. The first-order chi connectivity index (χ1) is 14.0. The summed E-state index contributed by atoms with van der Waals surface area (Å²) in [6, 6.07) is 12.9. The topological polar surface area (TPSA) is 83.9 Å². The van der Waals surface area contributed by atoms with Crippen LogP contribution in [0, 0.1) is 0 Å². The Kier molecular flexibility index (Phi) is 6.08. The first-order valence-corrected chi connectivity index (χ1v) is 11.3. The summed E-state index contributed by atoms with van der Waals surface area (Å²) in [5.74, 6) is -1.32. The number of carbonyl (C=O) groups is 1. The van der Waals surface area contributed by atoms with E-state index in [9.17, 15) is 17.6 Å². The van der Waals surface area contributed by atoms with Crippen LogP contribution in [0.3, 0.4) is 0 Å². The lowest BCUT2D eigenvalue weighted by Gasteiger charge is -2.27. The molecule has 1 aliphatic heterocycles. The smallest absolute Gasteiger partial charge is 0.341 e. The molecule has 0 spiro atoms. The molecule has 2 unspecified atom stereocenters. The van der Waals surface area contributed by atoms with Crippen LogP contribution < -0.4 is 9.04 Å². The Morgan fingerprint density at radius 1 is 1.20 bits per heavy atom. The quantitative estimate of drug-likeness (QED) is 0.750. The summed E-state index contributed by atoms with van der Waals surface area (Å²) < 4.78 is 46.5. The first-order valence-electron chi connectivity index (χ1n) is 9.67. The van der Waals surface area contributed by atoms with E-state index in [2.05, 4.69) is 20.8 Å². The Labute approximate surface area is 176 Å². The van der Waals surface area contributed by atoms with Crippen LogP contribution in [0.4, 0.5) is 10.1 Å². The normalized spacial score (nSPS) is 20.9. The summed E-state index contributed by atoms with van der Waals surface area (Å²) in [7, 11) is -3.79. The zero-order chi connectivity index (χ0) is 22.1. The minimum Gasteiger partial charge on any atom is -0.482 e. The largest absolute Gasteiger partial charge is 0.482 e. The number of carboxylic acid groups (broad SMARTS) is 1. The van der Waals surface area contributed by atoms with E-state index in [4.69, 9.17) is 9.84 Å². The molecule has 2 aromatic rings. The van der Waals surface area contributed by atoms with Crippen LogP contribution in [-0.4, -0.2) is 44.1 Å². The minimum atomic E-state index is -3.79. The molecule has 1 saturated heterocycles. The zero-order valence-corrected chi connectivity index (χ0v) is 18.0. The van der Waals surface area contributed by atoms with E-state index in [1.807, 2.05) is 12.1 Å². The highest BCUT2D eigenvalue weighted by atomic mass is 32.2. The molecular formula is C22H26FNO5S. The van der Waals surface area contributed by atoms with E-state index in [1.54, 1.807) is 36.4 Å². The van der Waals surface area contributed by atoms with Gasteiger partial charge in [0.1, 0.15) is 17.7 Å². The molecule has 0 aliphatic carbocycles. The van der Waals surface area contributed by atoms with E-state index in [0.29, 0.717) is 17.0 Å². The van der Waals surface area contributed by atoms with E-state index in [1.165, 1.54) is 4.31 Å². The van der Waals surface area contributed by atoms with Gasteiger partial charge in [-0.15, -0.1) is 0 Å². The maximum absolute atomic E-state index is 14.8. The van der Waals surface area contributed by atoms with Gasteiger partial charge in [-0.2, -0.15) is 0 Å². The van der Waals surface area contributed by atoms with Crippen molar-refractivity contribution in [3.63, 3.8) is 0 Å². The molecule has 1 fully saturated rings. The van der Waals surface area contributed by atoms with Crippen molar-refractivity contribution in [2.45, 2.75) is 44.8 Å². The molecule has 6 nitrogen and oxygen atoms in total. The average molecular weight is 436 g/mol. The van der Waals surface area contributed by atoms with Crippen molar-refractivity contribution >= 4 is 21.7 Å². The fraction of sp³-hybridized carbons (Fsp3) is 0.409. The molecule has 1 N–H and O–H groups in total. The summed E-state index contributed by atoms with van der Waals surface area (Å²) in [4.78, 5) is 10.7. The summed E-state index contributed by atoms with van der Waals surface area (Å²) in [6.45, 7) is 5.70. The second-order valence-corrected chi connectivity index (χ2v) is 10.4. The average Bonchev–Trinajstić information content (AvgIpc) is 2.87. The molecule has 0 amide bonds. The highest BCUT2D eigenvalue weighted by molar-refractivity contribution is 7.93. The fourth-order valence-corrected chi connectivity index (χ4v) is 5.41. The van der Waals surface area contributed by atoms with Gasteiger partial charge in [0, 0.05) is 0 Å². The Morgan fingerprint density at radius 2 is 1.87 bits per heavy atom. The molecule has 30 heavy (non-hydrogen) atoms. The maximum atomic E-state index is 14.8. The Balaban J connectivity index is 1.88. The molecule has 2 aromatic carbocycles. The molecule has 0 aromatic heterocycles. The number of ether oxygens (including phenoxy) is 1. The maximum Gasteiger partial charge on any atom is 0.341 e. The molecule has 1 heterocycles. The lowest BCUT2D eigenvalue weighted by molar-refractivity contribution is -0.139. The number of hydrogen-bond acceptors (Lipinski definition) is 4. The monoisotopic (exact) mass is 435 g/mol. The third-order valence-corrected chi connectivity index (χ3v) is 6.90. The number of rotatable bonds is 6. The second kappa shape index (κ2) is 8.26. The van der Waals surface area contributed by atoms with Crippen molar-refractivity contribution in [1.82, 2.24) is 0 Å². The molecule has 8 heteroatoms. The Bertz CT molecular complexity index is 1010. The molecule has 162 valence electrons. The van der Waals surface area contributed by atoms with Crippen LogP contribution in [0.15, 0.2) is 48.5 Å². The van der Waals surface area contributed by atoms with Gasteiger partial charge < -0.3 is 9.84 Å². The number of halogens is 1. The molecule has 0 bridgehead atoms. The van der Waals surface area contributed by atoms with E-state index in [-0.39, 0.29) is 11.8 Å². The summed E-state index contributed by atoms with van der Waals surface area (Å²) in [5.41, 5.74) is 2.07. The lowest BCUT2D eigenvalue weighted by Crippen LogP contribution is -2.37. The SMILES string of the molecule is CC(C)(C)c1ccc(N2C(Cc3cccc(OCC(=O)O)c3)C(F)CS2(=O)=O)cc1. The van der Waals surface area contributed by atoms with Crippen molar-refractivity contribution in [3.05, 3.63) is 59.7 Å². The molecule has 1 aliphatic rings. The van der Waals surface area contributed by atoms with Gasteiger partial charge in [-0.1, -0.05) is 45.0 Å². The third-order valence-electron chi connectivity index (χ3n) is 5.08. The van der Waals surface area contributed by atoms with Crippen LogP contribution >= 0.6 is 0 Å². The predicted molar refractivity (Wildman–Crippen MR) is 113 cm³/mol. The number of sulfonamides is 1. The zero-order valence-electron chi connectivity index (χ0n) is 17.2. The van der Waals surface area contributed by atoms with Crippen molar-refractivity contribution in [1.29, 1.82) is 0 Å². The summed E-state index contributed by atoms with van der Waals surface area (Å²) in [6.07, 6.45) is -1.40. The van der Waals surface area contributed by atoms with Crippen LogP contribution in [-0.2, 0) is 26.7 Å². The molecule has 2 atom stereocenters. The molecule has 3 rings (SSSR count). The van der Waals surface area contributed by atoms with Gasteiger partial charge in [0.05, 0.1) is 11.7 Å². The van der Waals surface area contributed by atoms with Crippen LogP contribution in [0.5, 0.6) is 5.75 Å². The molecular weight excluding hydrogens is 409 g/mol. The second-order valence-electron chi connectivity index (χ2n) is 8.49. The van der Waals surface area contributed by atoms with Crippen LogP contribution in [0.25, 0.3) is 0 Å². The van der Waals surface area contributed by atoms with Gasteiger partial charge in [-0.05, 0) is 47.2 Å². The first kappa shape index (κ1) is 22.1. The van der Waals surface area contributed by atoms with Gasteiger partial charge in [0.2, 0.25) is 10.0 Å². The highest BCUT2D eigenvalue weighted by Crippen LogP contribution is 2.34. The lowest BCUT2D eigenvalue weighted by atomic mass is 9.87. The van der Waals surface area contributed by atoms with E-state index < -0.39 is 40.6 Å². The predicted octanol–water partition coefficient (Wildman–Crippen LogP) is 3.55. The number of aliphatic carboxylic acids is 1. The number of hydrogen-bond donors (Lipinski definition) is 1. The van der Waals surface area contributed by atoms with E-state index in [0.717, 1.165) is 5.56 Å². The summed E-state index contributed by atoms with van der Waals surface area (Å²) in [5, 5.41) is 8.75. The molecule has 0 saturated carbocycles. The summed E-state index contributed by atoms with van der Waals surface area (Å²) >= 11 is 0. The van der Waals surface area contributed by atoms with Crippen LogP contribution in [0.2, 0.25) is 0 Å². The van der Waals surface area contributed by atoms with Gasteiger partial charge in [-0.3, -0.25) is 4.31 Å². The van der Waals surface area contributed by atoms with Crippen molar-refractivity contribution in [3.8, 4) is 5.75 Å². The third kappa shape index (κ3) is 4.92. The van der Waals surface area contributed by atoms with Crippen molar-refractivity contribution in [2.24, 2.45) is 0 Å². The van der Waals surface area contributed by atoms with Crippen molar-refractivity contribution in [2.75, 3.05) is 16.7 Å². The number of nitrogens with zero attached hydrogens (tertiary/aromatic N) is 1. The number of alkyl halides is 1. The van der Waals surface area contributed by atoms with Gasteiger partial charge in [-0.25, -0.2) is 17.6 Å². The fourth-order valence-electron chi connectivity index (χ4n) is 3.57. The van der Waals surface area contributed by atoms with Crippen molar-refractivity contribution < 1.29 is 27.4 Å². The van der Waals surface area contributed by atoms with Crippen LogP contribution in [0.1, 0.15) is 31.9 Å². The Morgan fingerprint density at radius 3 is 2.47 bits per heavy atom. The number of anilines is 1. The molecule has 0 radical (unpaired) electrons. The number of benzene rings is 2. The minimum absolute atomic E-state index is 0.0825. The Hall–Kier alpha value is -2.61. The van der Waals surface area contributed by atoms with Gasteiger partial charge in [0.25, 0.3) is 0 Å². The van der Waals surface area contributed by atoms with E-state index >= 15 is 0 Å².